The van der Waals surface area contributed by atoms with Gasteiger partial charge in [-0.3, -0.25) is 0 Å². The normalized spacial score (nSPS) is 17.8. The van der Waals surface area contributed by atoms with Crippen molar-refractivity contribution in [1.29, 1.82) is 0 Å². The third kappa shape index (κ3) is 6.02. The van der Waals surface area contributed by atoms with E-state index in [1.165, 1.54) is 12.1 Å². The fraction of sp³-hybridized carbons (Fsp3) is 0.588. The van der Waals surface area contributed by atoms with E-state index in [9.17, 15) is 26.4 Å². The van der Waals surface area contributed by atoms with Crippen molar-refractivity contribution in [3.05, 3.63) is 29.3 Å². The lowest BCUT2D eigenvalue weighted by molar-refractivity contribution is -0.0500. The molecule has 0 aromatic heterocycles. The molecule has 0 spiro atoms. The molecule has 10 heteroatoms. The van der Waals surface area contributed by atoms with Gasteiger partial charge in [-0.1, -0.05) is 6.07 Å². The first-order valence-electron chi connectivity index (χ1n) is 8.36. The van der Waals surface area contributed by atoms with Gasteiger partial charge in [0.05, 0.1) is 0 Å². The highest BCUT2D eigenvalue weighted by atomic mass is 32.2. The lowest BCUT2D eigenvalue weighted by atomic mass is 9.84. The lowest BCUT2D eigenvalue weighted by Crippen LogP contribution is -2.36. The zero-order valence-electron chi connectivity index (χ0n) is 15.2. The average Bonchev–Trinajstić information content (AvgIpc) is 2.49. The summed E-state index contributed by atoms with van der Waals surface area (Å²) >= 11 is 0. The molecule has 2 rings (SSSR count). The molecular weight excluding hydrogens is 387 g/mol. The summed E-state index contributed by atoms with van der Waals surface area (Å²) in [6, 6.07) is 4.08. The van der Waals surface area contributed by atoms with Gasteiger partial charge in [0.15, 0.2) is 0 Å². The van der Waals surface area contributed by atoms with E-state index < -0.39 is 27.3 Å². The molecule has 1 aliphatic rings. The number of hydrogen-bond acceptors (Lipinski definition) is 5. The Kier molecular flexibility index (Phi) is 5.98. The van der Waals surface area contributed by atoms with Crippen molar-refractivity contribution in [2.45, 2.75) is 51.1 Å². The summed E-state index contributed by atoms with van der Waals surface area (Å²) in [4.78, 5) is 11.7. The molecule has 1 amide bonds. The highest BCUT2D eigenvalue weighted by Gasteiger charge is 2.48. The SMILES string of the molecule is CC(C)(C)OC(=O)NCC1CCc2ccc(OS(=O)(=O)C(F)(F)F)cc2C1. The molecule has 1 N–H and O–H groups in total. The molecule has 0 aliphatic heterocycles. The predicted octanol–water partition coefficient (Wildman–Crippen LogP) is 3.54. The summed E-state index contributed by atoms with van der Waals surface area (Å²) in [6.07, 6.45) is 1.39. The second kappa shape index (κ2) is 7.57. The molecule has 6 nitrogen and oxygen atoms in total. The highest BCUT2D eigenvalue weighted by Crippen LogP contribution is 2.31. The zero-order chi connectivity index (χ0) is 20.5. The summed E-state index contributed by atoms with van der Waals surface area (Å²) in [6.45, 7) is 5.60. The number of fused-ring (bicyclic) bond motifs is 1. The predicted molar refractivity (Wildman–Crippen MR) is 91.8 cm³/mol. The minimum Gasteiger partial charge on any atom is -0.444 e. The Morgan fingerprint density at radius 1 is 1.22 bits per heavy atom. The third-order valence-electron chi connectivity index (χ3n) is 3.93. The Hall–Kier alpha value is -1.97. The van der Waals surface area contributed by atoms with E-state index >= 15 is 0 Å². The molecule has 1 atom stereocenters. The Bertz CT molecular complexity index is 800. The summed E-state index contributed by atoms with van der Waals surface area (Å²) < 4.78 is 69.0. The van der Waals surface area contributed by atoms with Gasteiger partial charge in [-0.15, -0.1) is 0 Å². The van der Waals surface area contributed by atoms with E-state index in [0.29, 0.717) is 24.9 Å². The van der Waals surface area contributed by atoms with E-state index in [1.54, 1.807) is 26.8 Å². The van der Waals surface area contributed by atoms with Crippen LogP contribution in [0.3, 0.4) is 0 Å². The van der Waals surface area contributed by atoms with Gasteiger partial charge in [0.25, 0.3) is 0 Å². The molecule has 0 fully saturated rings. The number of rotatable bonds is 4. The molecule has 0 heterocycles. The van der Waals surface area contributed by atoms with Gasteiger partial charge >= 0.3 is 21.7 Å². The molecule has 0 radical (unpaired) electrons. The molecule has 1 aromatic carbocycles. The first-order valence-corrected chi connectivity index (χ1v) is 9.77. The number of hydrogen-bond donors (Lipinski definition) is 1. The van der Waals surface area contributed by atoms with Crippen LogP contribution in [0, 0.1) is 5.92 Å². The van der Waals surface area contributed by atoms with E-state index in [-0.39, 0.29) is 11.7 Å². The van der Waals surface area contributed by atoms with Crippen molar-refractivity contribution in [1.82, 2.24) is 5.32 Å². The van der Waals surface area contributed by atoms with Crippen LogP contribution in [0.2, 0.25) is 0 Å². The molecule has 0 saturated carbocycles. The Morgan fingerprint density at radius 2 is 1.89 bits per heavy atom. The van der Waals surface area contributed by atoms with Crippen LogP contribution in [0.5, 0.6) is 5.75 Å². The molecule has 1 aromatic rings. The van der Waals surface area contributed by atoms with Crippen LogP contribution in [0.1, 0.15) is 38.3 Å². The van der Waals surface area contributed by atoms with Crippen molar-refractivity contribution in [2.75, 3.05) is 6.54 Å². The minimum atomic E-state index is -5.70. The van der Waals surface area contributed by atoms with Gasteiger partial charge < -0.3 is 14.2 Å². The largest absolute Gasteiger partial charge is 0.534 e. The van der Waals surface area contributed by atoms with Crippen molar-refractivity contribution >= 4 is 16.2 Å². The Balaban J connectivity index is 2.01. The van der Waals surface area contributed by atoms with Crippen LogP contribution < -0.4 is 9.50 Å². The van der Waals surface area contributed by atoms with Crippen molar-refractivity contribution in [2.24, 2.45) is 5.92 Å². The fourth-order valence-corrected chi connectivity index (χ4v) is 3.20. The maximum absolute atomic E-state index is 12.4. The summed E-state index contributed by atoms with van der Waals surface area (Å²) in [5.74, 6) is -0.327. The maximum atomic E-state index is 12.4. The number of aryl methyl sites for hydroxylation is 1. The van der Waals surface area contributed by atoms with Crippen molar-refractivity contribution in [3.63, 3.8) is 0 Å². The topological polar surface area (TPSA) is 81.7 Å². The smallest absolute Gasteiger partial charge is 0.444 e. The number of halogens is 3. The highest BCUT2D eigenvalue weighted by molar-refractivity contribution is 7.88. The van der Waals surface area contributed by atoms with Crippen LogP contribution >= 0.6 is 0 Å². The van der Waals surface area contributed by atoms with Gasteiger partial charge in [0.2, 0.25) is 0 Å². The second-order valence-electron chi connectivity index (χ2n) is 7.41. The van der Waals surface area contributed by atoms with Gasteiger partial charge in [-0.25, -0.2) is 4.79 Å². The molecule has 27 heavy (non-hydrogen) atoms. The van der Waals surface area contributed by atoms with Gasteiger partial charge in [0, 0.05) is 6.54 Å². The van der Waals surface area contributed by atoms with E-state index in [2.05, 4.69) is 9.50 Å². The Morgan fingerprint density at radius 3 is 2.48 bits per heavy atom. The molecule has 1 aliphatic carbocycles. The van der Waals surface area contributed by atoms with E-state index in [0.717, 1.165) is 12.0 Å². The summed E-state index contributed by atoms with van der Waals surface area (Å²) in [5.41, 5.74) is -4.48. The number of carbonyl (C=O) groups is 1. The van der Waals surface area contributed by atoms with Crippen molar-refractivity contribution < 1.29 is 35.3 Å². The Labute approximate surface area is 156 Å². The molecule has 0 bridgehead atoms. The van der Waals surface area contributed by atoms with Gasteiger partial charge in [0.1, 0.15) is 11.4 Å². The third-order valence-corrected chi connectivity index (χ3v) is 4.91. The molecular formula is C17H22F3NO5S. The zero-order valence-corrected chi connectivity index (χ0v) is 16.0. The minimum absolute atomic E-state index is 0.0551. The maximum Gasteiger partial charge on any atom is 0.534 e. The number of carbonyl (C=O) groups excluding carboxylic acids is 1. The van der Waals surface area contributed by atoms with Crippen LogP contribution in [-0.2, 0) is 27.7 Å². The first-order chi connectivity index (χ1) is 12.3. The van der Waals surface area contributed by atoms with Crippen LogP contribution in [0.25, 0.3) is 0 Å². The molecule has 1 unspecified atom stereocenters. The summed E-state index contributed by atoms with van der Waals surface area (Å²) in [5, 5.41) is 2.68. The molecule has 152 valence electrons. The lowest BCUT2D eigenvalue weighted by Gasteiger charge is -2.26. The number of alkyl carbamates (subject to hydrolysis) is 1. The van der Waals surface area contributed by atoms with Gasteiger partial charge in [-0.05, 0) is 69.2 Å². The van der Waals surface area contributed by atoms with Crippen LogP contribution in [0.15, 0.2) is 18.2 Å². The first kappa shape index (κ1) is 21.3. The van der Waals surface area contributed by atoms with Crippen LogP contribution in [-0.4, -0.2) is 32.2 Å². The fourth-order valence-electron chi connectivity index (χ4n) is 2.75. The number of benzene rings is 1. The number of ether oxygens (including phenoxy) is 1. The summed E-state index contributed by atoms with van der Waals surface area (Å²) in [7, 11) is -5.70. The van der Waals surface area contributed by atoms with Crippen molar-refractivity contribution in [3.8, 4) is 5.75 Å². The number of alkyl halides is 3. The van der Waals surface area contributed by atoms with Crippen LogP contribution in [0.4, 0.5) is 18.0 Å². The molecule has 0 saturated heterocycles. The monoisotopic (exact) mass is 409 g/mol. The van der Waals surface area contributed by atoms with E-state index in [4.69, 9.17) is 4.74 Å². The number of nitrogens with one attached hydrogen (secondary N) is 1. The standard InChI is InChI=1S/C17H22F3NO5S/c1-16(2,3)25-15(22)21-10-11-4-5-12-6-7-14(9-13(12)8-11)26-27(23,24)17(18,19)20/h6-7,9,11H,4-5,8,10H2,1-3H3,(H,21,22). The second-order valence-corrected chi connectivity index (χ2v) is 8.94. The number of amides is 1. The average molecular weight is 409 g/mol. The quantitative estimate of drug-likeness (QED) is 0.608. The van der Waals surface area contributed by atoms with E-state index in [1.807, 2.05) is 0 Å². The van der Waals surface area contributed by atoms with Gasteiger partial charge in [-0.2, -0.15) is 21.6 Å².